The quantitative estimate of drug-likeness (QED) is 0.642. The molecule has 2 saturated heterocycles. The van der Waals surface area contributed by atoms with E-state index in [0.717, 1.165) is 5.56 Å². The number of aryl methyl sites for hydroxylation is 1. The minimum atomic E-state index is -1.36. The number of hydrogen-bond donors (Lipinski definition) is 1. The second-order valence-electron chi connectivity index (χ2n) is 10.2. The van der Waals surface area contributed by atoms with Crippen molar-refractivity contribution in [2.45, 2.75) is 44.1 Å². The van der Waals surface area contributed by atoms with Crippen LogP contribution in [0, 0.1) is 18.8 Å². The van der Waals surface area contributed by atoms with E-state index in [1.54, 1.807) is 35.9 Å². The number of aliphatic hydroxyl groups excluding tert-OH is 1. The number of rotatable bonds is 3. The monoisotopic (exact) mass is 499 g/mol. The van der Waals surface area contributed by atoms with Crippen LogP contribution in [0.1, 0.15) is 19.4 Å². The number of likely N-dealkylation sites (tertiary alicyclic amines) is 1. The number of amides is 3. The van der Waals surface area contributed by atoms with E-state index >= 15 is 0 Å². The van der Waals surface area contributed by atoms with Gasteiger partial charge in [0.2, 0.25) is 11.8 Å². The zero-order chi connectivity index (χ0) is 25.3. The number of carbonyl (C=O) groups excluding carboxylic acids is 3. The Morgan fingerprint density at radius 3 is 2.51 bits per heavy atom. The molecule has 35 heavy (non-hydrogen) atoms. The minimum Gasteiger partial charge on any atom is -0.394 e. The van der Waals surface area contributed by atoms with Gasteiger partial charge in [0.1, 0.15) is 11.6 Å². The van der Waals surface area contributed by atoms with E-state index in [-0.39, 0.29) is 30.9 Å². The molecule has 4 aliphatic rings. The summed E-state index contributed by atoms with van der Waals surface area (Å²) < 4.78 is 6.71. The Bertz CT molecular complexity index is 1150. The number of aliphatic hydroxyl groups is 1. The topological polar surface area (TPSA) is 90.4 Å². The number of carbonyl (C=O) groups is 3. The van der Waals surface area contributed by atoms with Crippen LogP contribution in [0.5, 0.6) is 0 Å². The lowest BCUT2D eigenvalue weighted by Gasteiger charge is -2.39. The molecule has 8 nitrogen and oxygen atoms in total. The van der Waals surface area contributed by atoms with Crippen molar-refractivity contribution in [2.24, 2.45) is 11.8 Å². The van der Waals surface area contributed by atoms with Crippen LogP contribution in [0.3, 0.4) is 0 Å². The number of para-hydroxylation sites is 1. The van der Waals surface area contributed by atoms with Crippen molar-refractivity contribution in [1.82, 2.24) is 9.80 Å². The maximum Gasteiger partial charge on any atom is 0.253 e. The van der Waals surface area contributed by atoms with E-state index < -0.39 is 35.1 Å². The first-order valence-electron chi connectivity index (χ1n) is 11.9. The van der Waals surface area contributed by atoms with Crippen LogP contribution in [0.2, 0.25) is 5.02 Å². The molecule has 2 fully saturated rings. The van der Waals surface area contributed by atoms with Crippen LogP contribution >= 0.6 is 11.6 Å². The second kappa shape index (κ2) is 8.18. The summed E-state index contributed by atoms with van der Waals surface area (Å²) in [6.07, 6.45) is 7.32. The third-order valence-corrected chi connectivity index (χ3v) is 8.20. The van der Waals surface area contributed by atoms with Crippen LogP contribution in [-0.4, -0.2) is 82.7 Å². The molecule has 0 bridgehead atoms. The van der Waals surface area contributed by atoms with Crippen molar-refractivity contribution in [3.8, 4) is 0 Å². The van der Waals surface area contributed by atoms with Crippen molar-refractivity contribution in [3.63, 3.8) is 0 Å². The predicted octanol–water partition coefficient (Wildman–Crippen LogP) is 1.93. The average molecular weight is 500 g/mol. The summed E-state index contributed by atoms with van der Waals surface area (Å²) in [7, 11) is 1.70. The highest BCUT2D eigenvalue weighted by molar-refractivity contribution is 6.34. The third-order valence-electron chi connectivity index (χ3n) is 7.89. The maximum atomic E-state index is 14.3. The van der Waals surface area contributed by atoms with Gasteiger partial charge in [0, 0.05) is 20.1 Å². The SMILES string of the molecule is Cc1cccc(Cl)c1N1CC=C[C@]23O[C@@]4(C)C=CCN(C)C(=O)[C@H]4[C@H]2C(=O)N([C@H](C)CO)C3C1=O. The summed E-state index contributed by atoms with van der Waals surface area (Å²) in [4.78, 5) is 46.5. The molecule has 186 valence electrons. The largest absolute Gasteiger partial charge is 0.394 e. The molecule has 0 aliphatic carbocycles. The summed E-state index contributed by atoms with van der Waals surface area (Å²) in [5.41, 5.74) is -1.03. The Hall–Kier alpha value is -2.68. The summed E-state index contributed by atoms with van der Waals surface area (Å²) in [5, 5.41) is 10.5. The van der Waals surface area contributed by atoms with Crippen molar-refractivity contribution in [3.05, 3.63) is 53.1 Å². The molecule has 0 saturated carbocycles. The number of halogens is 1. The summed E-state index contributed by atoms with van der Waals surface area (Å²) >= 11 is 6.53. The lowest BCUT2D eigenvalue weighted by molar-refractivity contribution is -0.150. The highest BCUT2D eigenvalue weighted by Crippen LogP contribution is 2.58. The predicted molar refractivity (Wildman–Crippen MR) is 131 cm³/mol. The number of fused-ring (bicyclic) bond motifs is 2. The molecular weight excluding hydrogens is 470 g/mol. The fourth-order valence-corrected chi connectivity index (χ4v) is 6.63. The standard InChI is InChI=1S/C26H30ClN3O5/c1-15-8-5-9-17(27)20(15)29-13-7-11-26-19(23(33)30(16(2)14-31)21(26)24(29)34)18-22(32)28(4)12-6-10-25(18,3)35-26/h5-11,16,18-19,21,31H,12-14H2,1-4H3/t16-,18-,19+,21?,25+,26+/m1/s1. The summed E-state index contributed by atoms with van der Waals surface area (Å²) in [5.74, 6) is -2.63. The zero-order valence-electron chi connectivity index (χ0n) is 20.3. The number of hydrogen-bond acceptors (Lipinski definition) is 5. The Morgan fingerprint density at radius 2 is 1.83 bits per heavy atom. The maximum absolute atomic E-state index is 14.3. The number of ether oxygens (including phenoxy) is 1. The van der Waals surface area contributed by atoms with Gasteiger partial charge in [0.05, 0.1) is 40.8 Å². The Kier molecular flexibility index (Phi) is 5.62. The summed E-state index contributed by atoms with van der Waals surface area (Å²) in [6, 6.07) is 3.71. The van der Waals surface area contributed by atoms with E-state index in [1.807, 2.05) is 44.2 Å². The second-order valence-corrected chi connectivity index (χ2v) is 10.6. The highest BCUT2D eigenvalue weighted by atomic mass is 35.5. The zero-order valence-corrected chi connectivity index (χ0v) is 21.0. The van der Waals surface area contributed by atoms with Gasteiger partial charge in [-0.3, -0.25) is 14.4 Å². The van der Waals surface area contributed by atoms with Crippen molar-refractivity contribution < 1.29 is 24.2 Å². The molecule has 0 radical (unpaired) electrons. The van der Waals surface area contributed by atoms with Crippen LogP contribution in [0.4, 0.5) is 5.69 Å². The molecule has 1 N–H and O–H groups in total. The third kappa shape index (κ3) is 3.23. The average Bonchev–Trinajstić information content (AvgIpc) is 3.10. The van der Waals surface area contributed by atoms with Crippen LogP contribution in [0.25, 0.3) is 0 Å². The van der Waals surface area contributed by atoms with Gasteiger partial charge >= 0.3 is 0 Å². The fraction of sp³-hybridized carbons (Fsp3) is 0.500. The van der Waals surface area contributed by atoms with Gasteiger partial charge in [-0.1, -0.05) is 48.0 Å². The molecule has 6 atom stereocenters. The first kappa shape index (κ1) is 24.0. The lowest BCUT2D eigenvalue weighted by atomic mass is 9.74. The molecule has 0 aromatic heterocycles. The minimum absolute atomic E-state index is 0.200. The molecule has 1 aromatic carbocycles. The van der Waals surface area contributed by atoms with Crippen molar-refractivity contribution in [2.75, 3.05) is 31.6 Å². The number of nitrogens with zero attached hydrogens (tertiary/aromatic N) is 3. The molecule has 4 aliphatic heterocycles. The van der Waals surface area contributed by atoms with E-state index in [0.29, 0.717) is 17.3 Å². The van der Waals surface area contributed by atoms with E-state index in [9.17, 15) is 19.5 Å². The normalized spacial score (nSPS) is 35.1. The van der Waals surface area contributed by atoms with E-state index in [4.69, 9.17) is 16.3 Å². The van der Waals surface area contributed by atoms with Crippen molar-refractivity contribution >= 4 is 35.0 Å². The van der Waals surface area contributed by atoms with Gasteiger partial charge < -0.3 is 24.5 Å². The first-order valence-corrected chi connectivity index (χ1v) is 12.2. The molecular formula is C26H30ClN3O5. The number of anilines is 1. The molecule has 1 unspecified atom stereocenters. The summed E-state index contributed by atoms with van der Waals surface area (Å²) in [6.45, 7) is 5.69. The van der Waals surface area contributed by atoms with Crippen LogP contribution < -0.4 is 4.90 Å². The smallest absolute Gasteiger partial charge is 0.253 e. The van der Waals surface area contributed by atoms with Gasteiger partial charge in [0.25, 0.3) is 5.91 Å². The number of likely N-dealkylation sites (N-methyl/N-ethyl adjacent to an activating group) is 1. The lowest BCUT2D eigenvalue weighted by Crippen LogP contribution is -2.58. The van der Waals surface area contributed by atoms with Gasteiger partial charge in [0.15, 0.2) is 0 Å². The molecule has 1 aromatic rings. The van der Waals surface area contributed by atoms with E-state index in [2.05, 4.69) is 0 Å². The van der Waals surface area contributed by atoms with Crippen molar-refractivity contribution in [1.29, 1.82) is 0 Å². The van der Waals surface area contributed by atoms with Gasteiger partial charge in [-0.2, -0.15) is 0 Å². The molecule has 9 heteroatoms. The van der Waals surface area contributed by atoms with Gasteiger partial charge in [-0.25, -0.2) is 0 Å². The van der Waals surface area contributed by atoms with Crippen LogP contribution in [-0.2, 0) is 19.1 Å². The Balaban J connectivity index is 1.70. The fourth-order valence-electron chi connectivity index (χ4n) is 6.31. The molecule has 1 spiro atoms. The molecule has 3 amide bonds. The van der Waals surface area contributed by atoms with E-state index in [1.165, 1.54) is 4.90 Å². The van der Waals surface area contributed by atoms with Gasteiger partial charge in [-0.05, 0) is 32.4 Å². The van der Waals surface area contributed by atoms with Crippen LogP contribution in [0.15, 0.2) is 42.5 Å². The Morgan fingerprint density at radius 1 is 1.11 bits per heavy atom. The molecule has 5 rings (SSSR count). The Labute approximate surface area is 209 Å². The highest BCUT2D eigenvalue weighted by Gasteiger charge is 2.75. The van der Waals surface area contributed by atoms with Gasteiger partial charge in [-0.15, -0.1) is 0 Å². The first-order chi connectivity index (χ1) is 16.6. The molecule has 4 heterocycles. The number of benzene rings is 1.